The van der Waals surface area contributed by atoms with Crippen LogP contribution in [-0.4, -0.2) is 28.4 Å². The lowest BCUT2D eigenvalue weighted by molar-refractivity contribution is 0.0600. The number of esters is 1. The van der Waals surface area contributed by atoms with Crippen molar-refractivity contribution >= 4 is 22.8 Å². The highest BCUT2D eigenvalue weighted by molar-refractivity contribution is 6.10. The topological polar surface area (TPSA) is 61.2 Å². The minimum atomic E-state index is -0.345. The van der Waals surface area contributed by atoms with Gasteiger partial charge in [-0.2, -0.15) is 0 Å². The first-order valence-corrected chi connectivity index (χ1v) is 10.4. The molecule has 0 spiro atoms. The molecule has 0 N–H and O–H groups in total. The van der Waals surface area contributed by atoms with Crippen LogP contribution in [0.4, 0.5) is 0 Å². The summed E-state index contributed by atoms with van der Waals surface area (Å²) in [4.78, 5) is 29.3. The molecule has 4 aromatic rings. The summed E-state index contributed by atoms with van der Waals surface area (Å²) in [6.45, 7) is 2.76. The quantitative estimate of drug-likeness (QED) is 0.315. The number of nitrogens with zero attached hydrogens (tertiary/aromatic N) is 2. The number of benzene rings is 3. The fourth-order valence-electron chi connectivity index (χ4n) is 3.71. The predicted molar refractivity (Wildman–Crippen MR) is 120 cm³/mol. The summed E-state index contributed by atoms with van der Waals surface area (Å²) in [7, 11) is 1.38. The highest BCUT2D eigenvalue weighted by Gasteiger charge is 2.15. The molecule has 0 atom stereocenters. The van der Waals surface area contributed by atoms with Gasteiger partial charge in [-0.05, 0) is 42.3 Å². The molecule has 1 heterocycles. The van der Waals surface area contributed by atoms with Gasteiger partial charge in [0.15, 0.2) is 5.78 Å². The Morgan fingerprint density at radius 3 is 2.29 bits per heavy atom. The highest BCUT2D eigenvalue weighted by atomic mass is 16.5. The Hall–Kier alpha value is -3.73. The Kier molecular flexibility index (Phi) is 5.94. The first kappa shape index (κ1) is 20.5. The summed E-state index contributed by atoms with van der Waals surface area (Å²) in [6, 6.07) is 22.4. The summed E-state index contributed by atoms with van der Waals surface area (Å²) in [5.74, 6) is 0.633. The zero-order valence-corrected chi connectivity index (χ0v) is 17.7. The van der Waals surface area contributed by atoms with Crippen LogP contribution in [0.5, 0.6) is 0 Å². The number of imidazole rings is 1. The van der Waals surface area contributed by atoms with Gasteiger partial charge < -0.3 is 9.30 Å². The molecular weight excluding hydrogens is 388 g/mol. The van der Waals surface area contributed by atoms with Crippen molar-refractivity contribution in [3.63, 3.8) is 0 Å². The SMILES string of the molecule is CCCc1nc2cc(C(=O)c3ccccc3)ccc2n1Cc1ccc(C(=O)OC)cc1. The van der Waals surface area contributed by atoms with Crippen molar-refractivity contribution in [2.75, 3.05) is 7.11 Å². The van der Waals surface area contributed by atoms with E-state index in [1.54, 1.807) is 12.1 Å². The molecule has 0 radical (unpaired) electrons. The summed E-state index contributed by atoms with van der Waals surface area (Å²) in [6.07, 6.45) is 1.82. The van der Waals surface area contributed by atoms with Crippen LogP contribution in [0, 0.1) is 0 Å². The van der Waals surface area contributed by atoms with E-state index in [0.717, 1.165) is 35.3 Å². The van der Waals surface area contributed by atoms with E-state index in [2.05, 4.69) is 11.5 Å². The molecule has 0 amide bonds. The first-order chi connectivity index (χ1) is 15.1. The maximum atomic E-state index is 12.8. The second-order valence-electron chi connectivity index (χ2n) is 7.45. The van der Waals surface area contributed by atoms with Crippen molar-refractivity contribution in [3.8, 4) is 0 Å². The average Bonchev–Trinajstić information content (AvgIpc) is 3.15. The number of carbonyl (C=O) groups is 2. The molecule has 0 unspecified atom stereocenters. The molecule has 0 aliphatic carbocycles. The van der Waals surface area contributed by atoms with E-state index in [1.807, 2.05) is 60.7 Å². The van der Waals surface area contributed by atoms with Crippen LogP contribution in [-0.2, 0) is 17.7 Å². The Morgan fingerprint density at radius 2 is 1.61 bits per heavy atom. The summed E-state index contributed by atoms with van der Waals surface area (Å²) in [5, 5.41) is 0. The molecule has 156 valence electrons. The minimum Gasteiger partial charge on any atom is -0.465 e. The van der Waals surface area contributed by atoms with E-state index in [-0.39, 0.29) is 11.8 Å². The number of hydrogen-bond donors (Lipinski definition) is 0. The molecule has 0 fully saturated rings. The van der Waals surface area contributed by atoms with Crippen molar-refractivity contribution in [2.24, 2.45) is 0 Å². The molecule has 31 heavy (non-hydrogen) atoms. The monoisotopic (exact) mass is 412 g/mol. The normalized spacial score (nSPS) is 10.9. The molecule has 1 aromatic heterocycles. The van der Waals surface area contributed by atoms with Gasteiger partial charge in [-0.3, -0.25) is 4.79 Å². The summed E-state index contributed by atoms with van der Waals surface area (Å²) < 4.78 is 6.95. The third-order valence-corrected chi connectivity index (χ3v) is 5.31. The third-order valence-electron chi connectivity index (χ3n) is 5.31. The van der Waals surface area contributed by atoms with Crippen molar-refractivity contribution in [3.05, 3.63) is 101 Å². The number of carbonyl (C=O) groups excluding carboxylic acids is 2. The number of rotatable bonds is 7. The van der Waals surface area contributed by atoms with Crippen LogP contribution in [0.1, 0.15) is 51.0 Å². The van der Waals surface area contributed by atoms with Gasteiger partial charge in [0, 0.05) is 24.1 Å². The second-order valence-corrected chi connectivity index (χ2v) is 7.45. The van der Waals surface area contributed by atoms with Crippen LogP contribution in [0.25, 0.3) is 11.0 Å². The van der Waals surface area contributed by atoms with Gasteiger partial charge >= 0.3 is 5.97 Å². The van der Waals surface area contributed by atoms with Crippen LogP contribution in [0.3, 0.4) is 0 Å². The number of aromatic nitrogens is 2. The smallest absolute Gasteiger partial charge is 0.337 e. The molecule has 0 saturated carbocycles. The molecule has 5 heteroatoms. The highest BCUT2D eigenvalue weighted by Crippen LogP contribution is 2.22. The number of fused-ring (bicyclic) bond motifs is 1. The van der Waals surface area contributed by atoms with Crippen LogP contribution in [0.2, 0.25) is 0 Å². The Balaban J connectivity index is 1.68. The first-order valence-electron chi connectivity index (χ1n) is 10.4. The molecule has 0 saturated heterocycles. The molecule has 3 aromatic carbocycles. The van der Waals surface area contributed by atoms with Gasteiger partial charge in [-0.1, -0.05) is 49.4 Å². The van der Waals surface area contributed by atoms with Crippen molar-refractivity contribution in [1.29, 1.82) is 0 Å². The van der Waals surface area contributed by atoms with Gasteiger partial charge in [0.05, 0.1) is 23.7 Å². The number of ether oxygens (including phenoxy) is 1. The van der Waals surface area contributed by atoms with Crippen molar-refractivity contribution < 1.29 is 14.3 Å². The lowest BCUT2D eigenvalue weighted by Crippen LogP contribution is -2.06. The molecule has 4 rings (SSSR count). The maximum absolute atomic E-state index is 12.8. The van der Waals surface area contributed by atoms with Gasteiger partial charge in [0.1, 0.15) is 5.82 Å². The predicted octanol–water partition coefficient (Wildman–Crippen LogP) is 5.05. The Labute approximate surface area is 181 Å². The van der Waals surface area contributed by atoms with Gasteiger partial charge in [-0.15, -0.1) is 0 Å². The van der Waals surface area contributed by atoms with Gasteiger partial charge in [0.2, 0.25) is 0 Å². The fourth-order valence-corrected chi connectivity index (χ4v) is 3.71. The second kappa shape index (κ2) is 8.96. The number of methoxy groups -OCH3 is 1. The lowest BCUT2D eigenvalue weighted by Gasteiger charge is -2.10. The molecule has 0 aliphatic heterocycles. The lowest BCUT2D eigenvalue weighted by atomic mass is 10.0. The number of aryl methyl sites for hydroxylation is 1. The van der Waals surface area contributed by atoms with Crippen LogP contribution in [0.15, 0.2) is 72.8 Å². The standard InChI is InChI=1S/C26H24N2O3/c1-3-7-24-27-22-16-21(25(29)19-8-5-4-6-9-19)14-15-23(22)28(24)17-18-10-12-20(13-11-18)26(30)31-2/h4-6,8-16H,3,7,17H2,1-2H3. The van der Waals surface area contributed by atoms with E-state index in [4.69, 9.17) is 9.72 Å². The third kappa shape index (κ3) is 4.26. The van der Waals surface area contributed by atoms with E-state index < -0.39 is 0 Å². The van der Waals surface area contributed by atoms with E-state index in [9.17, 15) is 9.59 Å². The molecule has 0 bridgehead atoms. The van der Waals surface area contributed by atoms with Crippen LogP contribution >= 0.6 is 0 Å². The minimum absolute atomic E-state index is 0.00695. The number of ketones is 1. The fraction of sp³-hybridized carbons (Fsp3) is 0.192. The largest absolute Gasteiger partial charge is 0.465 e. The van der Waals surface area contributed by atoms with Gasteiger partial charge in [0.25, 0.3) is 0 Å². The Morgan fingerprint density at radius 1 is 0.903 bits per heavy atom. The van der Waals surface area contributed by atoms with E-state index in [0.29, 0.717) is 23.2 Å². The zero-order chi connectivity index (χ0) is 21.8. The summed E-state index contributed by atoms with van der Waals surface area (Å²) in [5.41, 5.74) is 4.70. The Bertz CT molecular complexity index is 1220. The van der Waals surface area contributed by atoms with E-state index >= 15 is 0 Å². The van der Waals surface area contributed by atoms with E-state index in [1.165, 1.54) is 7.11 Å². The average molecular weight is 412 g/mol. The zero-order valence-electron chi connectivity index (χ0n) is 17.7. The maximum Gasteiger partial charge on any atom is 0.337 e. The molecular formula is C26H24N2O3. The molecule has 0 aliphatic rings. The summed E-state index contributed by atoms with van der Waals surface area (Å²) >= 11 is 0. The van der Waals surface area contributed by atoms with Crippen molar-refractivity contribution in [1.82, 2.24) is 9.55 Å². The molecule has 5 nitrogen and oxygen atoms in total. The van der Waals surface area contributed by atoms with Gasteiger partial charge in [-0.25, -0.2) is 9.78 Å². The number of hydrogen-bond acceptors (Lipinski definition) is 4. The van der Waals surface area contributed by atoms with Crippen molar-refractivity contribution in [2.45, 2.75) is 26.3 Å². The van der Waals surface area contributed by atoms with Crippen LogP contribution < -0.4 is 0 Å².